The lowest BCUT2D eigenvalue weighted by atomic mass is 10.1. The first kappa shape index (κ1) is 22.1. The summed E-state index contributed by atoms with van der Waals surface area (Å²) in [6.07, 6.45) is 0.866. The molecular weight excluding hydrogens is 396 g/mol. The van der Waals surface area contributed by atoms with Crippen LogP contribution in [0.3, 0.4) is 0 Å². The average Bonchev–Trinajstić information content (AvgIpc) is 2.70. The number of quaternary nitrogens is 1. The molecule has 0 saturated heterocycles. The van der Waals surface area contributed by atoms with E-state index in [1.807, 2.05) is 50.2 Å². The Bertz CT molecular complexity index is 1110. The molecule has 3 rings (SSSR count). The van der Waals surface area contributed by atoms with Crippen LogP contribution in [0.5, 0.6) is 0 Å². The minimum absolute atomic E-state index is 0.0494. The number of rotatable bonds is 8. The highest BCUT2D eigenvalue weighted by molar-refractivity contribution is 7.99. The topological polar surface area (TPSA) is 68.4 Å². The molecule has 0 radical (unpaired) electrons. The van der Waals surface area contributed by atoms with Crippen molar-refractivity contribution in [1.82, 2.24) is 9.55 Å². The van der Waals surface area contributed by atoms with Gasteiger partial charge in [0.05, 0.1) is 37.3 Å². The Kier molecular flexibility index (Phi) is 7.29. The van der Waals surface area contributed by atoms with Crippen LogP contribution in [0.2, 0.25) is 0 Å². The number of para-hydroxylation sites is 1. The number of carbonyl (C=O) groups excluding carboxylic acids is 1. The third-order valence-electron chi connectivity index (χ3n) is 4.87. The normalized spacial score (nSPS) is 11.2. The molecule has 0 fully saturated rings. The molecule has 1 amide bonds. The lowest BCUT2D eigenvalue weighted by Crippen LogP contribution is -3.05. The summed E-state index contributed by atoms with van der Waals surface area (Å²) >= 11 is 1.30. The summed E-state index contributed by atoms with van der Waals surface area (Å²) < 4.78 is 1.71. The fourth-order valence-corrected chi connectivity index (χ4v) is 4.14. The predicted molar refractivity (Wildman–Crippen MR) is 124 cm³/mol. The molecule has 6 nitrogen and oxygen atoms in total. The maximum atomic E-state index is 13.0. The monoisotopic (exact) mass is 425 g/mol. The number of carbonyl (C=O) groups is 1. The molecule has 1 aromatic heterocycles. The third-order valence-corrected chi connectivity index (χ3v) is 5.85. The van der Waals surface area contributed by atoms with Gasteiger partial charge in [0.2, 0.25) is 5.91 Å². The van der Waals surface area contributed by atoms with Gasteiger partial charge in [-0.15, -0.1) is 0 Å². The van der Waals surface area contributed by atoms with Crippen LogP contribution in [0.25, 0.3) is 10.9 Å². The van der Waals surface area contributed by atoms with E-state index >= 15 is 0 Å². The molecule has 2 aromatic carbocycles. The number of thioether (sulfide) groups is 1. The van der Waals surface area contributed by atoms with Crippen LogP contribution in [0.15, 0.2) is 52.4 Å². The van der Waals surface area contributed by atoms with E-state index < -0.39 is 0 Å². The summed E-state index contributed by atoms with van der Waals surface area (Å²) in [4.78, 5) is 31.6. The molecule has 0 unspecified atom stereocenters. The van der Waals surface area contributed by atoms with E-state index in [0.717, 1.165) is 29.8 Å². The minimum Gasteiger partial charge on any atom is -0.340 e. The first-order chi connectivity index (χ1) is 14.3. The highest BCUT2D eigenvalue weighted by Gasteiger charge is 2.14. The molecule has 0 saturated carbocycles. The Hall–Kier alpha value is -2.64. The lowest BCUT2D eigenvalue weighted by Gasteiger charge is -2.14. The van der Waals surface area contributed by atoms with Crippen LogP contribution in [-0.4, -0.2) is 41.9 Å². The number of aromatic nitrogens is 2. The second-order valence-electron chi connectivity index (χ2n) is 7.83. The van der Waals surface area contributed by atoms with E-state index in [-0.39, 0.29) is 17.2 Å². The molecule has 1 heterocycles. The van der Waals surface area contributed by atoms with Crippen LogP contribution >= 0.6 is 11.8 Å². The molecule has 0 aliphatic carbocycles. The molecule has 158 valence electrons. The van der Waals surface area contributed by atoms with Crippen LogP contribution < -0.4 is 15.8 Å². The fourth-order valence-electron chi connectivity index (χ4n) is 3.32. The van der Waals surface area contributed by atoms with Gasteiger partial charge in [-0.25, -0.2) is 4.98 Å². The zero-order chi connectivity index (χ0) is 21.7. The maximum absolute atomic E-state index is 13.0. The lowest BCUT2D eigenvalue weighted by molar-refractivity contribution is -0.858. The first-order valence-corrected chi connectivity index (χ1v) is 11.1. The summed E-state index contributed by atoms with van der Waals surface area (Å²) in [5, 5.41) is 4.16. The Labute approximate surface area is 181 Å². The SMILES string of the molecule is Cc1ccc(NC(=O)CSc2nc3ccccc3c(=O)n2CCC[NH+](C)C)c(C)c1. The fraction of sp³-hybridized carbons (Fsp3) is 0.348. The van der Waals surface area contributed by atoms with E-state index in [2.05, 4.69) is 24.4 Å². The van der Waals surface area contributed by atoms with Gasteiger partial charge < -0.3 is 10.2 Å². The van der Waals surface area contributed by atoms with Crippen molar-refractivity contribution in [1.29, 1.82) is 0 Å². The van der Waals surface area contributed by atoms with Crippen LogP contribution in [0.1, 0.15) is 17.5 Å². The molecule has 3 aromatic rings. The number of hydrogen-bond donors (Lipinski definition) is 2. The summed E-state index contributed by atoms with van der Waals surface area (Å²) in [7, 11) is 4.18. The zero-order valence-electron chi connectivity index (χ0n) is 18.0. The highest BCUT2D eigenvalue weighted by Crippen LogP contribution is 2.20. The second kappa shape index (κ2) is 9.91. The van der Waals surface area contributed by atoms with E-state index in [1.165, 1.54) is 16.7 Å². The highest BCUT2D eigenvalue weighted by atomic mass is 32.2. The number of nitrogens with zero attached hydrogens (tertiary/aromatic N) is 2. The van der Waals surface area contributed by atoms with E-state index in [0.29, 0.717) is 22.6 Å². The molecule has 0 bridgehead atoms. The van der Waals surface area contributed by atoms with Crippen molar-refractivity contribution < 1.29 is 9.69 Å². The van der Waals surface area contributed by atoms with Gasteiger partial charge in [0.15, 0.2) is 5.16 Å². The van der Waals surface area contributed by atoms with Gasteiger partial charge in [0.25, 0.3) is 5.56 Å². The van der Waals surface area contributed by atoms with Crippen molar-refractivity contribution in [2.24, 2.45) is 0 Å². The van der Waals surface area contributed by atoms with Gasteiger partial charge in [-0.2, -0.15) is 0 Å². The summed E-state index contributed by atoms with van der Waals surface area (Å²) in [5.41, 5.74) is 3.61. The van der Waals surface area contributed by atoms with Crippen molar-refractivity contribution in [2.45, 2.75) is 32.0 Å². The summed E-state index contributed by atoms with van der Waals surface area (Å²) in [5.74, 6) is 0.0791. The van der Waals surface area contributed by atoms with Crippen molar-refractivity contribution in [3.8, 4) is 0 Å². The molecular formula is C23H29N4O2S+. The van der Waals surface area contributed by atoms with Crippen LogP contribution in [-0.2, 0) is 11.3 Å². The Balaban J connectivity index is 1.79. The van der Waals surface area contributed by atoms with Crippen molar-refractivity contribution in [3.63, 3.8) is 0 Å². The maximum Gasteiger partial charge on any atom is 0.262 e. The zero-order valence-corrected chi connectivity index (χ0v) is 18.8. The minimum atomic E-state index is -0.112. The largest absolute Gasteiger partial charge is 0.340 e. The number of nitrogens with one attached hydrogen (secondary N) is 2. The number of benzene rings is 2. The molecule has 0 atom stereocenters. The van der Waals surface area contributed by atoms with E-state index in [1.54, 1.807) is 10.6 Å². The third kappa shape index (κ3) is 5.49. The predicted octanol–water partition coefficient (Wildman–Crippen LogP) is 2.28. The number of amides is 1. The number of anilines is 1. The average molecular weight is 426 g/mol. The smallest absolute Gasteiger partial charge is 0.262 e. The van der Waals surface area contributed by atoms with Crippen LogP contribution in [0, 0.1) is 13.8 Å². The summed E-state index contributed by atoms with van der Waals surface area (Å²) in [6.45, 7) is 5.54. The van der Waals surface area contributed by atoms with Gasteiger partial charge in [-0.3, -0.25) is 14.2 Å². The van der Waals surface area contributed by atoms with Gasteiger partial charge in [-0.05, 0) is 37.6 Å². The Morgan fingerprint density at radius 3 is 2.67 bits per heavy atom. The van der Waals surface area contributed by atoms with Crippen LogP contribution in [0.4, 0.5) is 5.69 Å². The van der Waals surface area contributed by atoms with Gasteiger partial charge in [-0.1, -0.05) is 41.6 Å². The molecule has 7 heteroatoms. The number of aryl methyl sites for hydroxylation is 2. The van der Waals surface area contributed by atoms with Crippen molar-refractivity contribution in [3.05, 3.63) is 63.9 Å². The molecule has 0 aliphatic heterocycles. The summed E-state index contributed by atoms with van der Waals surface area (Å²) in [6, 6.07) is 13.3. The quantitative estimate of drug-likeness (QED) is 0.429. The molecule has 30 heavy (non-hydrogen) atoms. The number of fused-ring (bicyclic) bond motifs is 1. The van der Waals surface area contributed by atoms with Crippen molar-refractivity contribution in [2.75, 3.05) is 31.7 Å². The van der Waals surface area contributed by atoms with E-state index in [4.69, 9.17) is 0 Å². The van der Waals surface area contributed by atoms with Gasteiger partial charge in [0, 0.05) is 18.7 Å². The van der Waals surface area contributed by atoms with Gasteiger partial charge in [0.1, 0.15) is 0 Å². The first-order valence-electron chi connectivity index (χ1n) is 10.1. The Morgan fingerprint density at radius 2 is 1.93 bits per heavy atom. The Morgan fingerprint density at radius 1 is 1.17 bits per heavy atom. The van der Waals surface area contributed by atoms with Gasteiger partial charge >= 0.3 is 0 Å². The van der Waals surface area contributed by atoms with E-state index in [9.17, 15) is 9.59 Å². The molecule has 2 N–H and O–H groups in total. The number of hydrogen-bond acceptors (Lipinski definition) is 4. The molecule has 0 spiro atoms. The second-order valence-corrected chi connectivity index (χ2v) is 8.78. The standard InChI is InChI=1S/C23H28N4O2S/c1-16-10-11-19(17(2)14-16)24-21(28)15-30-23-25-20-9-6-5-8-18(20)22(29)27(23)13-7-12-26(3)4/h5-6,8-11,14H,7,12-13,15H2,1-4H3,(H,24,28)/p+1. The molecule has 0 aliphatic rings. The van der Waals surface area contributed by atoms with Crippen molar-refractivity contribution >= 4 is 34.3 Å².